The Hall–Kier alpha value is -0.320. The third-order valence-electron chi connectivity index (χ3n) is 3.47. The van der Waals surface area contributed by atoms with Crippen LogP contribution in [0.4, 0.5) is 0 Å². The number of nitrogens with two attached hydrogens (primary N) is 1. The third kappa shape index (κ3) is 5.70. The van der Waals surface area contributed by atoms with Gasteiger partial charge in [-0.2, -0.15) is 0 Å². The summed E-state index contributed by atoms with van der Waals surface area (Å²) in [5.41, 5.74) is 5.49. The summed E-state index contributed by atoms with van der Waals surface area (Å²) in [6, 6.07) is 0.344. The molecule has 0 heterocycles. The summed E-state index contributed by atoms with van der Waals surface area (Å²) >= 11 is 0. The molecule has 1 aliphatic carbocycles. The molecular formula is C12H25ClN2O2. The van der Waals surface area contributed by atoms with E-state index in [-0.39, 0.29) is 24.4 Å². The molecule has 4 nitrogen and oxygen atoms in total. The van der Waals surface area contributed by atoms with Gasteiger partial charge in [0.2, 0.25) is 5.91 Å². The molecule has 0 aromatic heterocycles. The van der Waals surface area contributed by atoms with E-state index in [9.17, 15) is 4.79 Å². The standard InChI is InChI=1S/C12H24N2O2.ClH/c1-9-5-3-4-6-11(9)14-12(15)7-10(8-13)16-2;/h9-11H,3-8,13H2,1-2H3,(H,14,15);1H. The zero-order valence-electron chi connectivity index (χ0n) is 10.8. The highest BCUT2D eigenvalue weighted by Crippen LogP contribution is 2.23. The van der Waals surface area contributed by atoms with Crippen LogP contribution in [0.5, 0.6) is 0 Å². The van der Waals surface area contributed by atoms with Crippen LogP contribution < -0.4 is 11.1 Å². The molecule has 0 aromatic carbocycles. The zero-order valence-corrected chi connectivity index (χ0v) is 11.6. The molecule has 0 bridgehead atoms. The van der Waals surface area contributed by atoms with Crippen molar-refractivity contribution in [2.45, 2.75) is 51.2 Å². The first-order chi connectivity index (χ1) is 7.67. The first-order valence-electron chi connectivity index (χ1n) is 6.19. The summed E-state index contributed by atoms with van der Waals surface area (Å²) in [4.78, 5) is 11.7. The fourth-order valence-electron chi connectivity index (χ4n) is 2.27. The lowest BCUT2D eigenvalue weighted by Crippen LogP contribution is -2.43. The van der Waals surface area contributed by atoms with E-state index in [0.717, 1.165) is 6.42 Å². The average Bonchev–Trinajstić information content (AvgIpc) is 2.29. The minimum Gasteiger partial charge on any atom is -0.380 e. The van der Waals surface area contributed by atoms with Gasteiger partial charge in [-0.1, -0.05) is 19.8 Å². The highest BCUT2D eigenvalue weighted by atomic mass is 35.5. The first-order valence-corrected chi connectivity index (χ1v) is 6.19. The minimum atomic E-state index is -0.154. The Balaban J connectivity index is 0.00000256. The highest BCUT2D eigenvalue weighted by molar-refractivity contribution is 5.85. The number of rotatable bonds is 5. The molecule has 0 saturated heterocycles. The van der Waals surface area contributed by atoms with Gasteiger partial charge in [0.05, 0.1) is 12.5 Å². The molecule has 3 unspecified atom stereocenters. The summed E-state index contributed by atoms with van der Waals surface area (Å²) in [6.45, 7) is 2.60. The van der Waals surface area contributed by atoms with E-state index >= 15 is 0 Å². The minimum absolute atomic E-state index is 0. The van der Waals surface area contributed by atoms with Crippen molar-refractivity contribution in [2.75, 3.05) is 13.7 Å². The molecule has 0 aromatic rings. The molecule has 1 fully saturated rings. The van der Waals surface area contributed by atoms with Crippen molar-refractivity contribution in [3.8, 4) is 0 Å². The zero-order chi connectivity index (χ0) is 12.0. The van der Waals surface area contributed by atoms with Crippen molar-refractivity contribution in [3.05, 3.63) is 0 Å². The Labute approximate surface area is 110 Å². The fraction of sp³-hybridized carbons (Fsp3) is 0.917. The predicted molar refractivity (Wildman–Crippen MR) is 71.3 cm³/mol. The molecule has 3 N–H and O–H groups in total. The highest BCUT2D eigenvalue weighted by Gasteiger charge is 2.23. The molecule has 0 aliphatic heterocycles. The summed E-state index contributed by atoms with van der Waals surface area (Å²) < 4.78 is 5.10. The largest absolute Gasteiger partial charge is 0.380 e. The van der Waals surface area contributed by atoms with Crippen LogP contribution in [0.3, 0.4) is 0 Å². The molecule has 1 rings (SSSR count). The van der Waals surface area contributed by atoms with Gasteiger partial charge < -0.3 is 15.8 Å². The van der Waals surface area contributed by atoms with Crippen molar-refractivity contribution in [1.29, 1.82) is 0 Å². The van der Waals surface area contributed by atoms with Crippen molar-refractivity contribution >= 4 is 18.3 Å². The lowest BCUT2D eigenvalue weighted by molar-refractivity contribution is -0.124. The molecule has 1 amide bonds. The van der Waals surface area contributed by atoms with Gasteiger partial charge in [-0.25, -0.2) is 0 Å². The van der Waals surface area contributed by atoms with Crippen LogP contribution in [0, 0.1) is 5.92 Å². The molecule has 5 heteroatoms. The van der Waals surface area contributed by atoms with Gasteiger partial charge in [-0.3, -0.25) is 4.79 Å². The van der Waals surface area contributed by atoms with Crippen LogP contribution >= 0.6 is 12.4 Å². The van der Waals surface area contributed by atoms with Gasteiger partial charge in [0.25, 0.3) is 0 Å². The molecule has 17 heavy (non-hydrogen) atoms. The maximum absolute atomic E-state index is 11.7. The van der Waals surface area contributed by atoms with Gasteiger partial charge in [-0.15, -0.1) is 12.4 Å². The van der Waals surface area contributed by atoms with Crippen molar-refractivity contribution in [2.24, 2.45) is 11.7 Å². The number of carbonyl (C=O) groups is 1. The number of halogens is 1. The van der Waals surface area contributed by atoms with Crippen molar-refractivity contribution < 1.29 is 9.53 Å². The second-order valence-corrected chi connectivity index (χ2v) is 4.73. The van der Waals surface area contributed by atoms with E-state index in [1.165, 1.54) is 19.3 Å². The van der Waals surface area contributed by atoms with Gasteiger partial charge in [0, 0.05) is 19.7 Å². The summed E-state index contributed by atoms with van der Waals surface area (Å²) in [6.07, 6.45) is 5.05. The molecule has 1 aliphatic rings. The molecule has 0 radical (unpaired) electrons. The van der Waals surface area contributed by atoms with Crippen LogP contribution in [0.2, 0.25) is 0 Å². The molecule has 102 valence electrons. The predicted octanol–water partition coefficient (Wildman–Crippen LogP) is 1.47. The first kappa shape index (κ1) is 16.7. The van der Waals surface area contributed by atoms with Gasteiger partial charge in [-0.05, 0) is 18.8 Å². The van der Waals surface area contributed by atoms with Crippen LogP contribution in [-0.2, 0) is 9.53 Å². The Bertz CT molecular complexity index is 223. The average molecular weight is 265 g/mol. The van der Waals surface area contributed by atoms with Crippen molar-refractivity contribution in [3.63, 3.8) is 0 Å². The SMILES string of the molecule is COC(CN)CC(=O)NC1CCCCC1C.Cl. The Morgan fingerprint density at radius 1 is 1.47 bits per heavy atom. The lowest BCUT2D eigenvalue weighted by Gasteiger charge is -2.29. The normalized spacial score (nSPS) is 25.8. The van der Waals surface area contributed by atoms with Crippen LogP contribution in [0.25, 0.3) is 0 Å². The third-order valence-corrected chi connectivity index (χ3v) is 3.47. The number of carbonyl (C=O) groups excluding carboxylic acids is 1. The summed E-state index contributed by atoms with van der Waals surface area (Å²) in [7, 11) is 1.59. The van der Waals surface area contributed by atoms with Gasteiger partial charge in [0.1, 0.15) is 0 Å². The molecule has 0 spiro atoms. The monoisotopic (exact) mass is 264 g/mol. The lowest BCUT2D eigenvalue weighted by atomic mass is 9.86. The second kappa shape index (κ2) is 8.72. The molecule has 1 saturated carbocycles. The van der Waals surface area contributed by atoms with Crippen molar-refractivity contribution in [1.82, 2.24) is 5.32 Å². The quantitative estimate of drug-likeness (QED) is 0.790. The van der Waals surface area contributed by atoms with E-state index in [1.807, 2.05) is 0 Å². The van der Waals surface area contributed by atoms with E-state index < -0.39 is 0 Å². The summed E-state index contributed by atoms with van der Waals surface area (Å²) in [5, 5.41) is 3.09. The maximum Gasteiger partial charge on any atom is 0.222 e. The fourth-order valence-corrected chi connectivity index (χ4v) is 2.27. The topological polar surface area (TPSA) is 64.3 Å². The van der Waals surface area contributed by atoms with E-state index in [0.29, 0.717) is 24.9 Å². The number of hydrogen-bond acceptors (Lipinski definition) is 3. The van der Waals surface area contributed by atoms with E-state index in [4.69, 9.17) is 10.5 Å². The summed E-state index contributed by atoms with van der Waals surface area (Å²) in [5.74, 6) is 0.660. The Morgan fingerprint density at radius 3 is 2.65 bits per heavy atom. The second-order valence-electron chi connectivity index (χ2n) is 4.73. The number of amides is 1. The van der Waals surface area contributed by atoms with Crippen LogP contribution in [0.1, 0.15) is 39.0 Å². The Kier molecular flexibility index (Phi) is 8.56. The smallest absolute Gasteiger partial charge is 0.222 e. The van der Waals surface area contributed by atoms with E-state index in [1.54, 1.807) is 7.11 Å². The number of methoxy groups -OCH3 is 1. The maximum atomic E-state index is 11.7. The number of nitrogens with one attached hydrogen (secondary N) is 1. The van der Waals surface area contributed by atoms with Crippen LogP contribution in [-0.4, -0.2) is 31.7 Å². The number of ether oxygens (including phenoxy) is 1. The van der Waals surface area contributed by atoms with Gasteiger partial charge in [0.15, 0.2) is 0 Å². The van der Waals surface area contributed by atoms with E-state index in [2.05, 4.69) is 12.2 Å². The number of hydrogen-bond donors (Lipinski definition) is 2. The van der Waals surface area contributed by atoms with Crippen LogP contribution in [0.15, 0.2) is 0 Å². The molecular weight excluding hydrogens is 240 g/mol. The van der Waals surface area contributed by atoms with Gasteiger partial charge >= 0.3 is 0 Å². The Morgan fingerprint density at radius 2 is 2.12 bits per heavy atom. The molecule has 3 atom stereocenters.